The first-order valence-electron chi connectivity index (χ1n) is 21.4. The second kappa shape index (κ2) is 11.1. The predicted octanol–water partition coefficient (Wildman–Crippen LogP) is 13.7. The van der Waals surface area contributed by atoms with Crippen LogP contribution in [0.2, 0.25) is 0 Å². The molecule has 0 atom stereocenters. The highest BCUT2D eigenvalue weighted by atomic mass is 16.3. The van der Waals surface area contributed by atoms with E-state index in [4.69, 9.17) is 16.8 Å². The van der Waals surface area contributed by atoms with Crippen molar-refractivity contribution in [2.45, 2.75) is 0 Å². The van der Waals surface area contributed by atoms with Gasteiger partial charge in [0.05, 0.1) is 15.1 Å². The van der Waals surface area contributed by atoms with Crippen molar-refractivity contribution in [3.05, 3.63) is 182 Å². The minimum Gasteiger partial charge on any atom is -0.455 e. The van der Waals surface area contributed by atoms with Crippen LogP contribution < -0.4 is 0 Å². The highest BCUT2D eigenvalue weighted by molar-refractivity contribution is 6.24. The first kappa shape index (κ1) is 18.8. The molecule has 10 aromatic rings. The molecule has 9 aromatic carbocycles. The van der Waals surface area contributed by atoms with Crippen molar-refractivity contribution in [2.75, 3.05) is 0 Å². The van der Waals surface area contributed by atoms with Gasteiger partial charge in [-0.1, -0.05) is 164 Å². The van der Waals surface area contributed by atoms with Gasteiger partial charge < -0.3 is 4.42 Å². The van der Waals surface area contributed by atoms with Gasteiger partial charge in [0.15, 0.2) is 0 Å². The van der Waals surface area contributed by atoms with Crippen LogP contribution in [0, 0.1) is 0 Å². The molecule has 0 unspecified atom stereocenters. The van der Waals surface area contributed by atoms with E-state index in [1.54, 1.807) is 0 Å². The Bertz CT molecular complexity index is 3410. The lowest BCUT2D eigenvalue weighted by molar-refractivity contribution is 0.670. The number of rotatable bonds is 4. The van der Waals surface area contributed by atoms with Crippen LogP contribution in [0.5, 0.6) is 0 Å². The zero-order valence-electron chi connectivity index (χ0n) is 36.9. The van der Waals surface area contributed by atoms with E-state index in [2.05, 4.69) is 54.6 Å². The van der Waals surface area contributed by atoms with Gasteiger partial charge in [-0.05, 0) is 83.8 Å². The van der Waals surface area contributed by atoms with E-state index in [1.807, 2.05) is 60.7 Å². The van der Waals surface area contributed by atoms with Crippen LogP contribution in [0.1, 0.15) is 15.1 Å². The summed E-state index contributed by atoms with van der Waals surface area (Å²) in [4.78, 5) is 0. The van der Waals surface area contributed by atoms with Crippen LogP contribution in [0.25, 0.3) is 98.8 Å². The summed E-state index contributed by atoms with van der Waals surface area (Å²) in [6.07, 6.45) is 0. The zero-order valence-corrected chi connectivity index (χ0v) is 25.9. The van der Waals surface area contributed by atoms with Crippen LogP contribution >= 0.6 is 0 Å². The number of hydrogen-bond acceptors (Lipinski definition) is 1. The molecule has 0 saturated heterocycles. The number of para-hydroxylation sites is 1. The average Bonchev–Trinajstić information content (AvgIpc) is 3.68. The Morgan fingerprint density at radius 3 is 1.76 bits per heavy atom. The first-order valence-corrected chi connectivity index (χ1v) is 15.9. The number of fused-ring (bicyclic) bond motifs is 6. The molecule has 0 aliphatic carbocycles. The fourth-order valence-electron chi connectivity index (χ4n) is 7.01. The molecule has 49 heavy (non-hydrogen) atoms. The molecule has 0 saturated carbocycles. The zero-order chi connectivity index (χ0) is 41.9. The minimum atomic E-state index is -0.660. The van der Waals surface area contributed by atoms with Crippen LogP contribution in [0.4, 0.5) is 0 Å². The van der Waals surface area contributed by atoms with Crippen LogP contribution in [0.15, 0.2) is 186 Å². The lowest BCUT2D eigenvalue weighted by Gasteiger charge is -2.18. The van der Waals surface area contributed by atoms with Gasteiger partial charge in [0.1, 0.15) is 11.2 Å². The quantitative estimate of drug-likeness (QED) is 0.176. The van der Waals surface area contributed by atoms with Gasteiger partial charge in [0, 0.05) is 21.9 Å². The largest absolute Gasteiger partial charge is 0.455 e. The fourth-order valence-corrected chi connectivity index (χ4v) is 7.01. The number of benzene rings is 9. The third kappa shape index (κ3) is 4.47. The monoisotopic (exact) mass is 633 g/mol. The molecule has 10 rings (SSSR count). The molecule has 0 amide bonds. The van der Waals surface area contributed by atoms with Crippen molar-refractivity contribution in [1.29, 1.82) is 0 Å². The standard InChI is InChI=1S/C48H30O/c1-2-11-31(12-3-1)37-27-28-45-44(30-37)42-19-10-20-43(48(42)49-45)47-40-17-8-6-15-38(40)46(39-16-7-9-18-41(39)47)34-24-21-33(22-25-34)36-26-23-32-13-4-5-14-35(32)29-36/h1-30H/i1D,2D,3D,10D,11D,12D,19D,20D,27D,28D,30D. The highest BCUT2D eigenvalue weighted by Crippen LogP contribution is 2.47. The Morgan fingerprint density at radius 1 is 0.388 bits per heavy atom. The maximum atomic E-state index is 9.40. The normalized spacial score (nSPS) is 14.8. The van der Waals surface area contributed by atoms with Crippen molar-refractivity contribution in [3.63, 3.8) is 0 Å². The van der Waals surface area contributed by atoms with Crippen molar-refractivity contribution in [3.8, 4) is 44.5 Å². The average molecular weight is 634 g/mol. The number of hydrogen-bond donors (Lipinski definition) is 0. The molecule has 1 nitrogen and oxygen atoms in total. The van der Waals surface area contributed by atoms with Gasteiger partial charge in [-0.15, -0.1) is 0 Å². The van der Waals surface area contributed by atoms with Gasteiger partial charge in [-0.3, -0.25) is 0 Å². The van der Waals surface area contributed by atoms with E-state index >= 15 is 0 Å². The second-order valence-electron chi connectivity index (χ2n) is 12.0. The van der Waals surface area contributed by atoms with Gasteiger partial charge in [0.2, 0.25) is 0 Å². The Morgan fingerprint density at radius 2 is 1.02 bits per heavy atom. The van der Waals surface area contributed by atoms with Gasteiger partial charge in [0.25, 0.3) is 0 Å². The van der Waals surface area contributed by atoms with Crippen molar-refractivity contribution in [2.24, 2.45) is 0 Å². The van der Waals surface area contributed by atoms with E-state index in [9.17, 15) is 2.74 Å². The molecule has 1 aromatic heterocycles. The summed E-state index contributed by atoms with van der Waals surface area (Å²) in [6, 6.07) is 32.5. The Kier molecular flexibility index (Phi) is 4.25. The summed E-state index contributed by atoms with van der Waals surface area (Å²) in [7, 11) is 0. The van der Waals surface area contributed by atoms with Gasteiger partial charge in [-0.25, -0.2) is 0 Å². The van der Waals surface area contributed by atoms with Crippen LogP contribution in [-0.2, 0) is 0 Å². The summed E-state index contributed by atoms with van der Waals surface area (Å²) in [6.45, 7) is 0. The third-order valence-electron chi connectivity index (χ3n) is 9.25. The maximum Gasteiger partial charge on any atom is 0.143 e. The van der Waals surface area contributed by atoms with Crippen LogP contribution in [0.3, 0.4) is 0 Å². The maximum absolute atomic E-state index is 9.40. The van der Waals surface area contributed by atoms with Gasteiger partial charge >= 0.3 is 0 Å². The van der Waals surface area contributed by atoms with E-state index in [0.29, 0.717) is 5.56 Å². The molecular weight excluding hydrogens is 593 g/mol. The van der Waals surface area contributed by atoms with E-state index in [-0.39, 0.29) is 39.1 Å². The minimum absolute atomic E-state index is 0.0293. The summed E-state index contributed by atoms with van der Waals surface area (Å²) in [5.41, 5.74) is 3.71. The SMILES string of the molecule is [2H]c1c([2H])c([2H])c(-c2c([2H])c([2H])c3oc4c(-c5c6ccccc6c(-c6ccc(-c7ccc8ccccc8c7)cc6)c6ccccc56)c([2H])c([2H])c([2H])c4c3c2[2H])c([2H])c1[2H]. The third-order valence-corrected chi connectivity index (χ3v) is 9.25. The molecule has 0 spiro atoms. The summed E-state index contributed by atoms with van der Waals surface area (Å²) < 4.78 is 103. The molecule has 0 bridgehead atoms. The predicted molar refractivity (Wildman–Crippen MR) is 208 cm³/mol. The van der Waals surface area contributed by atoms with E-state index in [1.165, 1.54) is 5.39 Å². The fraction of sp³-hybridized carbons (Fsp3) is 0. The van der Waals surface area contributed by atoms with Crippen LogP contribution in [-0.4, -0.2) is 0 Å². The molecule has 1 heteroatoms. The van der Waals surface area contributed by atoms with Crippen molar-refractivity contribution in [1.82, 2.24) is 0 Å². The summed E-state index contributed by atoms with van der Waals surface area (Å²) in [5, 5.41) is 5.33. The molecule has 0 radical (unpaired) electrons. The first-order chi connectivity index (χ1) is 28.9. The lowest BCUT2D eigenvalue weighted by Crippen LogP contribution is -1.91. The van der Waals surface area contributed by atoms with Crippen molar-refractivity contribution >= 4 is 54.3 Å². The lowest BCUT2D eigenvalue weighted by atomic mass is 9.85. The molecule has 1 heterocycles. The Hall–Kier alpha value is -6.44. The smallest absolute Gasteiger partial charge is 0.143 e. The second-order valence-corrected chi connectivity index (χ2v) is 12.0. The molecule has 228 valence electrons. The molecule has 0 fully saturated rings. The topological polar surface area (TPSA) is 13.1 Å². The van der Waals surface area contributed by atoms with E-state index in [0.717, 1.165) is 49.2 Å². The van der Waals surface area contributed by atoms with Gasteiger partial charge in [-0.2, -0.15) is 0 Å². The number of furan rings is 1. The summed E-state index contributed by atoms with van der Waals surface area (Å²) >= 11 is 0. The highest BCUT2D eigenvalue weighted by Gasteiger charge is 2.20. The van der Waals surface area contributed by atoms with Crippen molar-refractivity contribution < 1.29 is 19.5 Å². The molecule has 0 N–H and O–H groups in total. The summed E-state index contributed by atoms with van der Waals surface area (Å²) in [5.74, 6) is 0. The Labute approximate surface area is 299 Å². The molecule has 0 aliphatic heterocycles. The van der Waals surface area contributed by atoms with E-state index < -0.39 is 66.0 Å². The molecular formula is C48H30O. The molecule has 0 aliphatic rings. The Balaban J connectivity index is 1.26.